The molecule has 2 aliphatic heterocycles. The monoisotopic (exact) mass is 358 g/mol. The summed E-state index contributed by atoms with van der Waals surface area (Å²) in [5.74, 6) is 1.34. The number of epoxide rings is 1. The van der Waals surface area contributed by atoms with Gasteiger partial charge < -0.3 is 14.2 Å². The lowest BCUT2D eigenvalue weighted by Crippen LogP contribution is -2.40. The van der Waals surface area contributed by atoms with E-state index in [2.05, 4.69) is 0 Å². The second-order valence-corrected chi connectivity index (χ2v) is 6.80. The topological polar surface area (TPSA) is 48.1 Å². The molecule has 0 saturated carbocycles. The number of rotatable bonds is 3. The minimum absolute atomic E-state index is 0.0287. The van der Waals surface area contributed by atoms with E-state index in [1.165, 1.54) is 0 Å². The van der Waals surface area contributed by atoms with Crippen LogP contribution in [0.25, 0.3) is 0 Å². The van der Waals surface area contributed by atoms with Crippen molar-refractivity contribution in [1.82, 2.24) is 0 Å². The third kappa shape index (κ3) is 2.37. The third-order valence-corrected chi connectivity index (χ3v) is 5.29. The summed E-state index contributed by atoms with van der Waals surface area (Å²) >= 11 is 0. The Bertz CT molecular complexity index is 996. The highest BCUT2D eigenvalue weighted by molar-refractivity contribution is 6.08. The SMILES string of the molecule is COc1ccc([C@@H]2O[C@@]23C(=O)c2ccccc2O[C@H]3c2ccccc2)cc1. The van der Waals surface area contributed by atoms with E-state index in [9.17, 15) is 4.79 Å². The zero-order valence-corrected chi connectivity index (χ0v) is 14.8. The minimum atomic E-state index is -1.04. The molecule has 0 aromatic heterocycles. The van der Waals surface area contributed by atoms with Crippen molar-refractivity contribution >= 4 is 5.78 Å². The Balaban J connectivity index is 1.60. The number of ketones is 1. The first-order chi connectivity index (χ1) is 13.2. The molecule has 0 aliphatic carbocycles. The maximum absolute atomic E-state index is 13.5. The second kappa shape index (κ2) is 5.96. The van der Waals surface area contributed by atoms with Gasteiger partial charge in [-0.2, -0.15) is 0 Å². The second-order valence-electron chi connectivity index (χ2n) is 6.80. The van der Waals surface area contributed by atoms with Crippen LogP contribution in [0, 0.1) is 0 Å². The van der Waals surface area contributed by atoms with Gasteiger partial charge in [-0.1, -0.05) is 54.6 Å². The predicted molar refractivity (Wildman–Crippen MR) is 100 cm³/mol. The van der Waals surface area contributed by atoms with Crippen LogP contribution < -0.4 is 9.47 Å². The van der Waals surface area contributed by atoms with Crippen LogP contribution in [0.2, 0.25) is 0 Å². The Kier molecular flexibility index (Phi) is 3.55. The van der Waals surface area contributed by atoms with E-state index in [-0.39, 0.29) is 11.9 Å². The molecule has 1 spiro atoms. The summed E-state index contributed by atoms with van der Waals surface area (Å²) in [5.41, 5.74) is 1.40. The lowest BCUT2D eigenvalue weighted by Gasteiger charge is -2.31. The number of ether oxygens (including phenoxy) is 3. The van der Waals surface area contributed by atoms with Crippen LogP contribution in [0.1, 0.15) is 33.7 Å². The predicted octanol–water partition coefficient (Wildman–Crippen LogP) is 4.52. The summed E-state index contributed by atoms with van der Waals surface area (Å²) in [6, 6.07) is 24.8. The minimum Gasteiger partial charge on any atom is -0.497 e. The number of para-hydroxylation sites is 1. The number of hydrogen-bond donors (Lipinski definition) is 0. The highest BCUT2D eigenvalue weighted by Crippen LogP contribution is 2.61. The van der Waals surface area contributed by atoms with Gasteiger partial charge in [-0.15, -0.1) is 0 Å². The first kappa shape index (κ1) is 16.1. The molecule has 3 aromatic carbocycles. The number of carbonyl (C=O) groups excluding carboxylic acids is 1. The molecule has 0 radical (unpaired) electrons. The van der Waals surface area contributed by atoms with Crippen LogP contribution in [-0.2, 0) is 4.74 Å². The van der Waals surface area contributed by atoms with Crippen LogP contribution >= 0.6 is 0 Å². The van der Waals surface area contributed by atoms with Gasteiger partial charge >= 0.3 is 0 Å². The van der Waals surface area contributed by atoms with Gasteiger partial charge in [0, 0.05) is 0 Å². The van der Waals surface area contributed by atoms with Crippen LogP contribution in [0.15, 0.2) is 78.9 Å². The Labute approximate surface area is 157 Å². The van der Waals surface area contributed by atoms with Crippen molar-refractivity contribution in [2.45, 2.75) is 17.8 Å². The number of hydrogen-bond acceptors (Lipinski definition) is 4. The first-order valence-corrected chi connectivity index (χ1v) is 8.91. The van der Waals surface area contributed by atoms with Crippen molar-refractivity contribution in [3.05, 3.63) is 95.6 Å². The number of benzene rings is 3. The molecule has 0 unspecified atom stereocenters. The van der Waals surface area contributed by atoms with Crippen LogP contribution in [0.4, 0.5) is 0 Å². The molecular weight excluding hydrogens is 340 g/mol. The van der Waals surface area contributed by atoms with E-state index in [1.807, 2.05) is 72.8 Å². The lowest BCUT2D eigenvalue weighted by atomic mass is 9.81. The van der Waals surface area contributed by atoms with Crippen LogP contribution in [0.3, 0.4) is 0 Å². The van der Waals surface area contributed by atoms with Crippen molar-refractivity contribution in [3.63, 3.8) is 0 Å². The van der Waals surface area contributed by atoms with Gasteiger partial charge in [-0.05, 0) is 35.4 Å². The smallest absolute Gasteiger partial charge is 0.205 e. The summed E-state index contributed by atoms with van der Waals surface area (Å²) in [6.07, 6.45) is -0.845. The first-order valence-electron chi connectivity index (χ1n) is 8.91. The molecule has 0 bridgehead atoms. The fraction of sp³-hybridized carbons (Fsp3) is 0.174. The molecule has 3 aromatic rings. The van der Waals surface area contributed by atoms with Gasteiger partial charge in [0.1, 0.15) is 17.6 Å². The molecule has 4 nitrogen and oxygen atoms in total. The average Bonchev–Trinajstić information content (AvgIpc) is 3.48. The Morgan fingerprint density at radius 3 is 2.22 bits per heavy atom. The zero-order chi connectivity index (χ0) is 18.4. The van der Waals surface area contributed by atoms with E-state index < -0.39 is 11.7 Å². The molecule has 4 heteroatoms. The molecule has 1 fully saturated rings. The van der Waals surface area contributed by atoms with E-state index in [4.69, 9.17) is 14.2 Å². The summed E-state index contributed by atoms with van der Waals surface area (Å²) in [5, 5.41) is 0. The van der Waals surface area contributed by atoms with Crippen molar-refractivity contribution in [1.29, 1.82) is 0 Å². The Morgan fingerprint density at radius 1 is 0.815 bits per heavy atom. The van der Waals surface area contributed by atoms with Gasteiger partial charge in [0.2, 0.25) is 11.4 Å². The number of methoxy groups -OCH3 is 1. The molecule has 0 amide bonds. The summed E-state index contributed by atoms with van der Waals surface area (Å²) < 4.78 is 17.7. The van der Waals surface area contributed by atoms with Gasteiger partial charge in [0.05, 0.1) is 12.7 Å². The van der Waals surface area contributed by atoms with Gasteiger partial charge in [0.25, 0.3) is 0 Å². The standard InChI is InChI=1S/C23H18O4/c1-25-17-13-11-16(12-14-17)22-23(27-22)20(24)18-9-5-6-10-19(18)26-21(23)15-7-3-2-4-8-15/h2-14,21-22H,1H3/t21-,22-,23+/m0/s1. The van der Waals surface area contributed by atoms with Crippen molar-refractivity contribution < 1.29 is 19.0 Å². The molecule has 0 N–H and O–H groups in total. The molecule has 5 rings (SSSR count). The molecule has 2 heterocycles. The highest BCUT2D eigenvalue weighted by Gasteiger charge is 2.71. The maximum Gasteiger partial charge on any atom is 0.205 e. The molecule has 27 heavy (non-hydrogen) atoms. The molecule has 2 aliphatic rings. The number of Topliss-reactive ketones (excluding diaryl/α,β-unsaturated/α-hetero) is 1. The molecule has 1 saturated heterocycles. The van der Waals surface area contributed by atoms with Crippen LogP contribution in [0.5, 0.6) is 11.5 Å². The quantitative estimate of drug-likeness (QED) is 0.646. The van der Waals surface area contributed by atoms with Crippen molar-refractivity contribution in [2.75, 3.05) is 7.11 Å². The van der Waals surface area contributed by atoms with E-state index in [1.54, 1.807) is 13.2 Å². The maximum atomic E-state index is 13.5. The summed E-state index contributed by atoms with van der Waals surface area (Å²) in [4.78, 5) is 13.5. The normalized spacial score (nSPS) is 25.6. The molecule has 134 valence electrons. The van der Waals surface area contributed by atoms with Crippen molar-refractivity contribution in [2.24, 2.45) is 0 Å². The van der Waals surface area contributed by atoms with E-state index in [0.717, 1.165) is 16.9 Å². The fourth-order valence-corrected chi connectivity index (χ4v) is 3.87. The largest absolute Gasteiger partial charge is 0.497 e. The van der Waals surface area contributed by atoms with E-state index in [0.29, 0.717) is 11.3 Å². The Hall–Kier alpha value is -3.11. The van der Waals surface area contributed by atoms with Crippen LogP contribution in [-0.4, -0.2) is 18.5 Å². The van der Waals surface area contributed by atoms with Gasteiger partial charge in [0.15, 0.2) is 6.10 Å². The van der Waals surface area contributed by atoms with Gasteiger partial charge in [-0.3, -0.25) is 4.79 Å². The Morgan fingerprint density at radius 2 is 1.48 bits per heavy atom. The summed E-state index contributed by atoms with van der Waals surface area (Å²) in [7, 11) is 1.63. The third-order valence-electron chi connectivity index (χ3n) is 5.29. The van der Waals surface area contributed by atoms with Crippen molar-refractivity contribution in [3.8, 4) is 11.5 Å². The van der Waals surface area contributed by atoms with E-state index >= 15 is 0 Å². The average molecular weight is 358 g/mol. The molecule has 3 atom stereocenters. The lowest BCUT2D eigenvalue weighted by molar-refractivity contribution is 0.0523. The summed E-state index contributed by atoms with van der Waals surface area (Å²) in [6.45, 7) is 0. The number of fused-ring (bicyclic) bond motifs is 1. The highest BCUT2D eigenvalue weighted by atomic mass is 16.6. The zero-order valence-electron chi connectivity index (χ0n) is 14.8. The number of carbonyl (C=O) groups is 1. The molecular formula is C23H18O4. The fourth-order valence-electron chi connectivity index (χ4n) is 3.87. The van der Waals surface area contributed by atoms with Gasteiger partial charge in [-0.25, -0.2) is 0 Å².